The van der Waals surface area contributed by atoms with Crippen LogP contribution in [0.15, 0.2) is 60.7 Å². The number of carbonyl (C=O) groups excluding carboxylic acids is 4. The van der Waals surface area contributed by atoms with Gasteiger partial charge in [-0.25, -0.2) is 4.98 Å². The third kappa shape index (κ3) is 9.46. The standard InChI is InChI=1S/C39H42F5N7O4.ClH/c1-21-16-26(34(53)48-30-6-3-15-46-35(30)54)11-13-28(21)25-5-2-4-23(17-25)18-32(49-33(52)24-9-7-22(20-45)8-10-24)36(55)47-27-12-14-29-31(19-27)51-37(50-29)38(40,41)39(42,43)44;/h2,4-5,11-14,16-17,19,22,24,30,32H,3,6-10,15,18,20,45H2,1H3,(H,46,54)(H,47,55)(H,48,53)(H,49,52)(H,50,51);1H/t22?,24?,30-,32+;/m1./s1. The molecule has 4 aromatic rings. The molecule has 1 aliphatic carbocycles. The Hall–Kier alpha value is -5.09. The summed E-state index contributed by atoms with van der Waals surface area (Å²) < 4.78 is 66.9. The van der Waals surface area contributed by atoms with Crippen molar-refractivity contribution in [2.24, 2.45) is 17.6 Å². The first kappa shape index (κ1) is 42.1. The van der Waals surface area contributed by atoms with Crippen LogP contribution < -0.4 is 27.0 Å². The summed E-state index contributed by atoms with van der Waals surface area (Å²) in [4.78, 5) is 57.9. The summed E-state index contributed by atoms with van der Waals surface area (Å²) in [5.41, 5.74) is 9.09. The number of benzene rings is 3. The fourth-order valence-corrected chi connectivity index (χ4v) is 7.14. The molecule has 1 aliphatic heterocycles. The Morgan fingerprint density at radius 3 is 2.39 bits per heavy atom. The van der Waals surface area contributed by atoms with Gasteiger partial charge in [-0.3, -0.25) is 19.2 Å². The summed E-state index contributed by atoms with van der Waals surface area (Å²) in [7, 11) is 0. The minimum Gasteiger partial charge on any atom is -0.354 e. The van der Waals surface area contributed by atoms with Crippen molar-refractivity contribution in [2.75, 3.05) is 18.4 Å². The zero-order valence-electron chi connectivity index (χ0n) is 30.4. The first-order valence-corrected chi connectivity index (χ1v) is 18.2. The van der Waals surface area contributed by atoms with Crippen molar-refractivity contribution in [3.63, 3.8) is 0 Å². The normalized spacial score (nSPS) is 19.3. The Labute approximate surface area is 325 Å². The largest absolute Gasteiger partial charge is 0.461 e. The van der Waals surface area contributed by atoms with Crippen LogP contribution in [0.5, 0.6) is 0 Å². The van der Waals surface area contributed by atoms with Crippen molar-refractivity contribution in [1.29, 1.82) is 0 Å². The lowest BCUT2D eigenvalue weighted by Gasteiger charge is -2.28. The van der Waals surface area contributed by atoms with E-state index in [4.69, 9.17) is 5.73 Å². The van der Waals surface area contributed by atoms with Crippen molar-refractivity contribution in [3.05, 3.63) is 83.2 Å². The van der Waals surface area contributed by atoms with Crippen LogP contribution in [0.3, 0.4) is 0 Å². The molecule has 0 radical (unpaired) electrons. The maximum absolute atomic E-state index is 14.0. The minimum atomic E-state index is -5.86. The summed E-state index contributed by atoms with van der Waals surface area (Å²) in [6, 6.07) is 14.6. The Morgan fingerprint density at radius 1 is 0.964 bits per heavy atom. The predicted molar refractivity (Wildman–Crippen MR) is 202 cm³/mol. The molecule has 1 aromatic heterocycles. The third-order valence-electron chi connectivity index (χ3n) is 10.3. The van der Waals surface area contributed by atoms with Gasteiger partial charge in [-0.05, 0) is 110 Å². The first-order chi connectivity index (χ1) is 26.1. The van der Waals surface area contributed by atoms with E-state index in [1.54, 1.807) is 30.3 Å². The van der Waals surface area contributed by atoms with E-state index in [2.05, 4.69) is 26.3 Å². The maximum atomic E-state index is 14.0. The number of amides is 4. The van der Waals surface area contributed by atoms with Crippen molar-refractivity contribution in [3.8, 4) is 11.1 Å². The molecule has 3 aromatic carbocycles. The monoisotopic (exact) mass is 803 g/mol. The average Bonchev–Trinajstić information content (AvgIpc) is 3.59. The molecule has 0 unspecified atom stereocenters. The van der Waals surface area contributed by atoms with Gasteiger partial charge in [0, 0.05) is 30.1 Å². The van der Waals surface area contributed by atoms with Gasteiger partial charge in [-0.1, -0.05) is 30.3 Å². The topological polar surface area (TPSA) is 171 Å². The highest BCUT2D eigenvalue weighted by molar-refractivity contribution is 5.99. The number of H-pyrrole nitrogens is 1. The fourth-order valence-electron chi connectivity index (χ4n) is 7.14. The van der Waals surface area contributed by atoms with Gasteiger partial charge in [0.25, 0.3) is 5.91 Å². The molecule has 1 saturated carbocycles. The second-order valence-corrected chi connectivity index (χ2v) is 14.3. The van der Waals surface area contributed by atoms with E-state index in [-0.39, 0.29) is 59.2 Å². The molecule has 300 valence electrons. The van der Waals surface area contributed by atoms with Crippen molar-refractivity contribution < 1.29 is 41.1 Å². The van der Waals surface area contributed by atoms with Gasteiger partial charge in [0.1, 0.15) is 12.1 Å². The van der Waals surface area contributed by atoms with Gasteiger partial charge in [0.05, 0.1) is 11.0 Å². The average molecular weight is 804 g/mol. The Bertz CT molecular complexity index is 2080. The Kier molecular flexibility index (Phi) is 13.0. The van der Waals surface area contributed by atoms with E-state index < -0.39 is 35.9 Å². The number of anilines is 1. The molecule has 7 N–H and O–H groups in total. The van der Waals surface area contributed by atoms with E-state index in [9.17, 15) is 41.1 Å². The number of aromatic amines is 1. The Balaban J connectivity index is 0.00000600. The summed E-state index contributed by atoms with van der Waals surface area (Å²) in [5, 5.41) is 11.1. The van der Waals surface area contributed by atoms with E-state index in [0.29, 0.717) is 49.4 Å². The smallest absolute Gasteiger partial charge is 0.354 e. The van der Waals surface area contributed by atoms with E-state index in [1.165, 1.54) is 18.2 Å². The maximum Gasteiger partial charge on any atom is 0.461 e. The molecule has 56 heavy (non-hydrogen) atoms. The number of alkyl halides is 5. The van der Waals surface area contributed by atoms with Crippen LogP contribution in [0.4, 0.5) is 27.6 Å². The molecule has 4 amide bonds. The van der Waals surface area contributed by atoms with Gasteiger partial charge in [0.2, 0.25) is 17.7 Å². The molecular weight excluding hydrogens is 761 g/mol. The van der Waals surface area contributed by atoms with E-state index >= 15 is 0 Å². The molecule has 2 atom stereocenters. The van der Waals surface area contributed by atoms with Crippen LogP contribution in [0.1, 0.15) is 65.8 Å². The number of fused-ring (bicyclic) bond motifs is 1. The quantitative estimate of drug-likeness (QED) is 0.101. The van der Waals surface area contributed by atoms with Gasteiger partial charge >= 0.3 is 12.1 Å². The molecule has 1 saturated heterocycles. The van der Waals surface area contributed by atoms with Crippen LogP contribution in [0.25, 0.3) is 22.2 Å². The SMILES string of the molecule is Cc1cc(C(=O)N[C@@H]2CCCNC2=O)ccc1-c1cccc(C[C@H](NC(=O)C2CCC(CN)CC2)C(=O)Nc2ccc3nc(C(F)(F)C(F)(F)F)[nH]c3c2)c1.Cl. The first-order valence-electron chi connectivity index (χ1n) is 18.2. The number of aromatic nitrogens is 2. The number of aryl methyl sites for hydroxylation is 1. The number of nitrogens with zero attached hydrogens (tertiary/aromatic N) is 1. The van der Waals surface area contributed by atoms with Crippen molar-refractivity contribution in [1.82, 2.24) is 25.9 Å². The molecule has 0 spiro atoms. The summed E-state index contributed by atoms with van der Waals surface area (Å²) in [5.74, 6) is -8.30. The number of imidazole rings is 1. The number of nitrogens with one attached hydrogen (secondary N) is 5. The zero-order valence-corrected chi connectivity index (χ0v) is 31.2. The molecule has 0 bridgehead atoms. The molecule has 2 heterocycles. The lowest BCUT2D eigenvalue weighted by molar-refractivity contribution is -0.292. The summed E-state index contributed by atoms with van der Waals surface area (Å²) in [6.07, 6.45) is -1.69. The zero-order chi connectivity index (χ0) is 39.5. The molecule has 6 rings (SSSR count). The second-order valence-electron chi connectivity index (χ2n) is 14.3. The van der Waals surface area contributed by atoms with Crippen LogP contribution in [0, 0.1) is 18.8 Å². The number of hydrogen-bond donors (Lipinski definition) is 6. The van der Waals surface area contributed by atoms with Crippen LogP contribution >= 0.6 is 12.4 Å². The number of carbonyl (C=O) groups is 4. The van der Waals surface area contributed by atoms with E-state index in [1.807, 2.05) is 24.0 Å². The minimum absolute atomic E-state index is 0. The van der Waals surface area contributed by atoms with Gasteiger partial charge < -0.3 is 32.0 Å². The molecule has 17 heteroatoms. The number of halogens is 6. The number of rotatable bonds is 11. The Morgan fingerprint density at radius 2 is 1.71 bits per heavy atom. The predicted octanol–water partition coefficient (Wildman–Crippen LogP) is 6.05. The number of piperidine rings is 1. The highest BCUT2D eigenvalue weighted by Gasteiger charge is 2.61. The van der Waals surface area contributed by atoms with Crippen molar-refractivity contribution >= 4 is 52.8 Å². The van der Waals surface area contributed by atoms with Gasteiger partial charge in [0.15, 0.2) is 5.82 Å². The lowest BCUT2D eigenvalue weighted by atomic mass is 9.81. The van der Waals surface area contributed by atoms with Crippen LogP contribution in [-0.4, -0.2) is 64.9 Å². The molecular formula is C39H43ClF5N7O4. The van der Waals surface area contributed by atoms with Crippen molar-refractivity contribution in [2.45, 2.75) is 76.1 Å². The van der Waals surface area contributed by atoms with Crippen LogP contribution in [-0.2, 0) is 26.7 Å². The summed E-state index contributed by atoms with van der Waals surface area (Å²) in [6.45, 7) is 2.96. The highest BCUT2D eigenvalue weighted by Crippen LogP contribution is 2.43. The van der Waals surface area contributed by atoms with Gasteiger partial charge in [-0.2, -0.15) is 22.0 Å². The number of nitrogens with two attached hydrogens (primary N) is 1. The molecule has 2 aliphatic rings. The number of hydrogen-bond acceptors (Lipinski definition) is 6. The van der Waals surface area contributed by atoms with E-state index in [0.717, 1.165) is 36.0 Å². The molecule has 11 nitrogen and oxygen atoms in total. The lowest BCUT2D eigenvalue weighted by Crippen LogP contribution is -2.50. The molecule has 2 fully saturated rings. The summed E-state index contributed by atoms with van der Waals surface area (Å²) >= 11 is 0. The van der Waals surface area contributed by atoms with Crippen LogP contribution in [0.2, 0.25) is 0 Å². The fraction of sp³-hybridized carbons (Fsp3) is 0.410. The van der Waals surface area contributed by atoms with Gasteiger partial charge in [-0.15, -0.1) is 12.4 Å². The third-order valence-corrected chi connectivity index (χ3v) is 10.3. The highest BCUT2D eigenvalue weighted by atomic mass is 35.5. The second kappa shape index (κ2) is 17.4.